The maximum Gasteiger partial charge on any atom is 0.253 e. The van der Waals surface area contributed by atoms with Gasteiger partial charge in [-0.2, -0.15) is 0 Å². The van der Waals surface area contributed by atoms with Crippen LogP contribution in [0.4, 0.5) is 5.69 Å². The Morgan fingerprint density at radius 1 is 1.08 bits per heavy atom. The summed E-state index contributed by atoms with van der Waals surface area (Å²) in [6.45, 7) is 0. The van der Waals surface area contributed by atoms with E-state index < -0.39 is 0 Å². The van der Waals surface area contributed by atoms with E-state index in [0.717, 1.165) is 18.5 Å². The van der Waals surface area contributed by atoms with Gasteiger partial charge in [-0.1, -0.05) is 12.8 Å². The van der Waals surface area contributed by atoms with Crippen molar-refractivity contribution >= 4 is 28.9 Å². The normalized spacial score (nSPS) is 15.3. The lowest BCUT2D eigenvalue weighted by atomic mass is 9.89. The molecule has 1 aromatic carbocycles. The number of pyridine rings is 1. The number of hydrogen-bond donors (Lipinski definition) is 2. The predicted molar refractivity (Wildman–Crippen MR) is 108 cm³/mol. The minimum absolute atomic E-state index is 0.0140. The third-order valence-electron chi connectivity index (χ3n) is 4.84. The van der Waals surface area contributed by atoms with Gasteiger partial charge in [-0.05, 0) is 67.0 Å². The van der Waals surface area contributed by atoms with E-state index in [1.807, 2.05) is 36.7 Å². The van der Waals surface area contributed by atoms with E-state index in [0.29, 0.717) is 10.7 Å². The largest absolute Gasteiger partial charge is 0.353 e. The van der Waals surface area contributed by atoms with Crippen LogP contribution in [0.2, 0.25) is 0 Å². The van der Waals surface area contributed by atoms with E-state index >= 15 is 0 Å². The second-order valence-electron chi connectivity index (χ2n) is 6.88. The molecule has 1 aromatic heterocycles. The van der Waals surface area contributed by atoms with Crippen LogP contribution >= 0.6 is 12.2 Å². The van der Waals surface area contributed by atoms with Crippen LogP contribution in [0, 0.1) is 0 Å². The molecular weight excluding hydrogens is 344 g/mol. The van der Waals surface area contributed by atoms with E-state index in [2.05, 4.69) is 27.8 Å². The fourth-order valence-corrected chi connectivity index (χ4v) is 3.78. The molecule has 1 amide bonds. The smallest absolute Gasteiger partial charge is 0.253 e. The molecule has 1 saturated carbocycles. The standard InChI is InChI=1S/C20H24N4OS/c1-24(2)18(25)15-5-7-17(8-6-15)22-19(26)23-20(11-3-4-12-20)16-9-13-21-14-10-16/h5-10,13-14H,3-4,11-12H2,1-2H3,(H2,22,23,26). The molecule has 1 fully saturated rings. The highest BCUT2D eigenvalue weighted by Gasteiger charge is 2.36. The summed E-state index contributed by atoms with van der Waals surface area (Å²) in [6.07, 6.45) is 8.12. The zero-order valence-corrected chi connectivity index (χ0v) is 16.0. The highest BCUT2D eigenvalue weighted by atomic mass is 32.1. The van der Waals surface area contributed by atoms with Crippen molar-refractivity contribution in [2.75, 3.05) is 19.4 Å². The third kappa shape index (κ3) is 4.02. The average molecular weight is 369 g/mol. The van der Waals surface area contributed by atoms with Crippen LogP contribution in [0.15, 0.2) is 48.8 Å². The molecule has 0 radical (unpaired) electrons. The van der Waals surface area contributed by atoms with Crippen molar-refractivity contribution in [3.05, 3.63) is 59.9 Å². The van der Waals surface area contributed by atoms with E-state index in [1.54, 1.807) is 19.0 Å². The van der Waals surface area contributed by atoms with Crippen LogP contribution < -0.4 is 10.6 Å². The number of benzene rings is 1. The molecule has 2 N–H and O–H groups in total. The number of hydrogen-bond acceptors (Lipinski definition) is 3. The zero-order chi connectivity index (χ0) is 18.6. The number of amides is 1. The van der Waals surface area contributed by atoms with E-state index in [1.165, 1.54) is 18.4 Å². The fourth-order valence-electron chi connectivity index (χ4n) is 3.47. The molecule has 6 heteroatoms. The van der Waals surface area contributed by atoms with Crippen LogP contribution in [0.3, 0.4) is 0 Å². The molecule has 0 saturated heterocycles. The van der Waals surface area contributed by atoms with Gasteiger partial charge in [-0.25, -0.2) is 0 Å². The van der Waals surface area contributed by atoms with E-state index in [4.69, 9.17) is 12.2 Å². The Hall–Kier alpha value is -2.47. The Kier molecular flexibility index (Phi) is 5.52. The Bertz CT molecular complexity index is 768. The highest BCUT2D eigenvalue weighted by molar-refractivity contribution is 7.80. The number of rotatable bonds is 4. The summed E-state index contributed by atoms with van der Waals surface area (Å²) in [7, 11) is 3.49. The number of carbonyl (C=O) groups is 1. The molecule has 0 bridgehead atoms. The molecule has 5 nitrogen and oxygen atoms in total. The van der Waals surface area contributed by atoms with Crippen molar-refractivity contribution in [2.24, 2.45) is 0 Å². The molecule has 2 aromatic rings. The summed E-state index contributed by atoms with van der Waals surface area (Å²) in [6, 6.07) is 11.5. The Balaban J connectivity index is 1.69. The molecule has 1 aliphatic carbocycles. The first-order valence-electron chi connectivity index (χ1n) is 8.82. The van der Waals surface area contributed by atoms with Crippen molar-refractivity contribution in [2.45, 2.75) is 31.2 Å². The van der Waals surface area contributed by atoms with E-state index in [-0.39, 0.29) is 11.4 Å². The van der Waals surface area contributed by atoms with Crippen LogP contribution in [-0.4, -0.2) is 35.0 Å². The monoisotopic (exact) mass is 368 g/mol. The molecule has 3 rings (SSSR count). The van der Waals surface area contributed by atoms with E-state index in [9.17, 15) is 4.79 Å². The zero-order valence-electron chi connectivity index (χ0n) is 15.2. The second-order valence-corrected chi connectivity index (χ2v) is 7.29. The van der Waals surface area contributed by atoms with Crippen molar-refractivity contribution in [3.63, 3.8) is 0 Å². The molecule has 136 valence electrons. The molecule has 0 aliphatic heterocycles. The quantitative estimate of drug-likeness (QED) is 0.809. The number of carbonyl (C=O) groups excluding carboxylic acids is 1. The van der Waals surface area contributed by atoms with Crippen LogP contribution in [0.1, 0.15) is 41.6 Å². The van der Waals surface area contributed by atoms with Gasteiger partial charge in [-0.3, -0.25) is 9.78 Å². The number of aromatic nitrogens is 1. The molecule has 0 unspecified atom stereocenters. The molecule has 26 heavy (non-hydrogen) atoms. The summed E-state index contributed by atoms with van der Waals surface area (Å²) in [4.78, 5) is 17.7. The first-order chi connectivity index (χ1) is 12.5. The molecule has 0 atom stereocenters. The average Bonchev–Trinajstić information content (AvgIpc) is 3.12. The van der Waals surface area contributed by atoms with Crippen molar-refractivity contribution in [3.8, 4) is 0 Å². The Labute approximate surface area is 159 Å². The third-order valence-corrected chi connectivity index (χ3v) is 5.04. The maximum atomic E-state index is 12.0. The van der Waals surface area contributed by atoms with Gasteiger partial charge >= 0.3 is 0 Å². The first-order valence-corrected chi connectivity index (χ1v) is 9.22. The number of thiocarbonyl (C=S) groups is 1. The maximum absolute atomic E-state index is 12.0. The molecule has 0 spiro atoms. The van der Waals surface area contributed by atoms with Gasteiger partial charge < -0.3 is 15.5 Å². The van der Waals surface area contributed by atoms with Gasteiger partial charge in [0.2, 0.25) is 0 Å². The van der Waals surface area contributed by atoms with Crippen molar-refractivity contribution < 1.29 is 4.79 Å². The van der Waals surface area contributed by atoms with Crippen molar-refractivity contribution in [1.82, 2.24) is 15.2 Å². The van der Waals surface area contributed by atoms with Crippen LogP contribution in [0.5, 0.6) is 0 Å². The summed E-state index contributed by atoms with van der Waals surface area (Å²) < 4.78 is 0. The number of nitrogens with one attached hydrogen (secondary N) is 2. The topological polar surface area (TPSA) is 57.3 Å². The Morgan fingerprint density at radius 3 is 2.27 bits per heavy atom. The first kappa shape index (κ1) is 18.3. The minimum Gasteiger partial charge on any atom is -0.353 e. The fraction of sp³-hybridized carbons (Fsp3) is 0.350. The minimum atomic E-state index is -0.131. The van der Waals surface area contributed by atoms with Gasteiger partial charge in [0, 0.05) is 37.7 Å². The van der Waals surface area contributed by atoms with Gasteiger partial charge in [-0.15, -0.1) is 0 Å². The number of anilines is 1. The lowest BCUT2D eigenvalue weighted by Gasteiger charge is -2.32. The van der Waals surface area contributed by atoms with Gasteiger partial charge in [0.25, 0.3) is 5.91 Å². The van der Waals surface area contributed by atoms with Gasteiger partial charge in [0.05, 0.1) is 5.54 Å². The summed E-state index contributed by atoms with van der Waals surface area (Å²) in [5.41, 5.74) is 2.61. The lowest BCUT2D eigenvalue weighted by molar-refractivity contribution is 0.0827. The van der Waals surface area contributed by atoms with Gasteiger partial charge in [0.15, 0.2) is 5.11 Å². The molecular formula is C20H24N4OS. The van der Waals surface area contributed by atoms with Crippen LogP contribution in [0.25, 0.3) is 0 Å². The number of nitrogens with zero attached hydrogens (tertiary/aromatic N) is 2. The van der Waals surface area contributed by atoms with Crippen LogP contribution in [-0.2, 0) is 5.54 Å². The molecule has 1 heterocycles. The predicted octanol–water partition coefficient (Wildman–Crippen LogP) is 3.54. The summed E-state index contributed by atoms with van der Waals surface area (Å²) in [5.74, 6) is -0.0140. The Morgan fingerprint density at radius 2 is 1.69 bits per heavy atom. The lowest BCUT2D eigenvalue weighted by Crippen LogP contribution is -2.45. The highest BCUT2D eigenvalue weighted by Crippen LogP contribution is 2.38. The molecule has 1 aliphatic rings. The van der Waals surface area contributed by atoms with Gasteiger partial charge in [0.1, 0.15) is 0 Å². The summed E-state index contributed by atoms with van der Waals surface area (Å²) in [5, 5.41) is 7.36. The summed E-state index contributed by atoms with van der Waals surface area (Å²) >= 11 is 5.56. The van der Waals surface area contributed by atoms with Crippen molar-refractivity contribution in [1.29, 1.82) is 0 Å². The second kappa shape index (κ2) is 7.83. The SMILES string of the molecule is CN(C)C(=O)c1ccc(NC(=S)NC2(c3ccncc3)CCCC2)cc1.